The van der Waals surface area contributed by atoms with Gasteiger partial charge in [-0.05, 0) is 6.07 Å². The maximum Gasteiger partial charge on any atom is 0.255 e. The Morgan fingerprint density at radius 2 is 1.89 bits per heavy atom. The molecule has 0 atom stereocenters. The number of hydrogen-bond acceptors (Lipinski definition) is 3. The first kappa shape index (κ1) is 14.7. The largest absolute Gasteiger partial charge is 0.347 e. The van der Waals surface area contributed by atoms with Gasteiger partial charge in [0.1, 0.15) is 5.15 Å². The van der Waals surface area contributed by atoms with Crippen molar-refractivity contribution in [3.63, 3.8) is 0 Å². The minimum Gasteiger partial charge on any atom is -0.347 e. The molecule has 1 aromatic rings. The van der Waals surface area contributed by atoms with Crippen LogP contribution in [0.5, 0.6) is 0 Å². The van der Waals surface area contributed by atoms with Crippen molar-refractivity contribution in [2.24, 2.45) is 0 Å². The van der Waals surface area contributed by atoms with E-state index in [0.29, 0.717) is 5.56 Å². The van der Waals surface area contributed by atoms with Crippen molar-refractivity contribution in [3.8, 4) is 0 Å². The summed E-state index contributed by atoms with van der Waals surface area (Å²) in [6.45, 7) is -0.00786. The molecule has 0 saturated carbocycles. The van der Waals surface area contributed by atoms with Gasteiger partial charge in [-0.2, -0.15) is 0 Å². The summed E-state index contributed by atoms with van der Waals surface area (Å²) < 4.78 is 0. The van der Waals surface area contributed by atoms with Crippen LogP contribution in [0.25, 0.3) is 0 Å². The van der Waals surface area contributed by atoms with Crippen LogP contribution in [0.2, 0.25) is 10.2 Å². The Labute approximate surface area is 115 Å². The van der Waals surface area contributed by atoms with Gasteiger partial charge in [-0.1, -0.05) is 23.2 Å². The number of carbonyl (C=O) groups excluding carboxylic acids is 2. The molecule has 0 unspecified atom stereocenters. The van der Waals surface area contributed by atoms with Crippen molar-refractivity contribution in [3.05, 3.63) is 28.0 Å². The molecule has 1 heterocycles. The molecule has 0 aliphatic rings. The van der Waals surface area contributed by atoms with Gasteiger partial charge in [0, 0.05) is 27.3 Å². The van der Waals surface area contributed by atoms with Crippen molar-refractivity contribution in [2.45, 2.75) is 0 Å². The molecule has 1 aromatic heterocycles. The molecule has 5 nitrogen and oxygen atoms in total. The molecule has 1 rings (SSSR count). The second-order valence-corrected chi connectivity index (χ2v) is 4.71. The number of likely N-dealkylation sites (N-methyl/N-ethyl adjacent to an activating group) is 2. The molecule has 0 aliphatic heterocycles. The van der Waals surface area contributed by atoms with Gasteiger partial charge in [-0.25, -0.2) is 4.98 Å². The third-order valence-electron chi connectivity index (χ3n) is 2.26. The van der Waals surface area contributed by atoms with Crippen molar-refractivity contribution in [1.29, 1.82) is 0 Å². The monoisotopic (exact) mass is 289 g/mol. The number of pyridine rings is 1. The van der Waals surface area contributed by atoms with Crippen molar-refractivity contribution >= 4 is 35.0 Å². The molecular formula is C11H13Cl2N3O2. The first-order valence-electron chi connectivity index (χ1n) is 5.09. The third-order valence-corrected chi connectivity index (χ3v) is 2.95. The first-order valence-corrected chi connectivity index (χ1v) is 5.85. The van der Waals surface area contributed by atoms with Crippen LogP contribution in [0.4, 0.5) is 0 Å². The lowest BCUT2D eigenvalue weighted by atomic mass is 10.2. The number of aromatic nitrogens is 1. The zero-order chi connectivity index (χ0) is 13.9. The number of nitrogens with zero attached hydrogens (tertiary/aromatic N) is 3. The molecule has 2 amide bonds. The van der Waals surface area contributed by atoms with Gasteiger partial charge in [0.25, 0.3) is 5.91 Å². The summed E-state index contributed by atoms with van der Waals surface area (Å²) in [6.07, 6.45) is 1.33. The lowest BCUT2D eigenvalue weighted by Crippen LogP contribution is -2.37. The summed E-state index contributed by atoms with van der Waals surface area (Å²) in [5.41, 5.74) is 0.290. The SMILES string of the molecule is CN(C)C(=O)CN(C)C(=O)c1cnc(Cl)c(Cl)c1. The van der Waals surface area contributed by atoms with Crippen LogP contribution in [0.1, 0.15) is 10.4 Å². The van der Waals surface area contributed by atoms with Gasteiger partial charge in [0.05, 0.1) is 17.1 Å². The Hall–Kier alpha value is -1.33. The fourth-order valence-electron chi connectivity index (χ4n) is 1.17. The lowest BCUT2D eigenvalue weighted by molar-refractivity contribution is -0.129. The normalized spacial score (nSPS) is 10.1. The Bertz CT molecular complexity index is 477. The highest BCUT2D eigenvalue weighted by Gasteiger charge is 2.17. The molecule has 0 bridgehead atoms. The highest BCUT2D eigenvalue weighted by atomic mass is 35.5. The minimum atomic E-state index is -0.337. The van der Waals surface area contributed by atoms with Crippen LogP contribution in [0, 0.1) is 0 Å². The standard InChI is InChI=1S/C11H13Cl2N3O2/c1-15(2)9(17)6-16(3)11(18)7-4-8(12)10(13)14-5-7/h4-5H,6H2,1-3H3. The predicted octanol–water partition coefficient (Wildman–Crippen LogP) is 1.55. The van der Waals surface area contributed by atoms with Gasteiger partial charge in [0.15, 0.2) is 0 Å². The molecule has 0 saturated heterocycles. The molecule has 0 radical (unpaired) electrons. The van der Waals surface area contributed by atoms with Crippen LogP contribution in [-0.2, 0) is 4.79 Å². The van der Waals surface area contributed by atoms with E-state index in [1.165, 1.54) is 29.1 Å². The molecule has 0 aromatic carbocycles. The Kier molecular flexibility index (Phi) is 4.93. The number of hydrogen-bond donors (Lipinski definition) is 0. The minimum absolute atomic E-state index is 0.00786. The molecular weight excluding hydrogens is 277 g/mol. The Morgan fingerprint density at radius 3 is 2.39 bits per heavy atom. The molecule has 98 valence electrons. The van der Waals surface area contributed by atoms with E-state index in [0.717, 1.165) is 0 Å². The van der Waals surface area contributed by atoms with E-state index in [9.17, 15) is 9.59 Å². The maximum absolute atomic E-state index is 12.0. The highest BCUT2D eigenvalue weighted by molar-refractivity contribution is 6.41. The third kappa shape index (κ3) is 3.58. The van der Waals surface area contributed by atoms with E-state index in [1.807, 2.05) is 0 Å². The Balaban J connectivity index is 2.80. The van der Waals surface area contributed by atoms with Gasteiger partial charge >= 0.3 is 0 Å². The number of amides is 2. The van der Waals surface area contributed by atoms with Crippen molar-refractivity contribution in [1.82, 2.24) is 14.8 Å². The second-order valence-electron chi connectivity index (χ2n) is 3.95. The summed E-state index contributed by atoms with van der Waals surface area (Å²) in [5, 5.41) is 0.343. The van der Waals surface area contributed by atoms with E-state index in [1.54, 1.807) is 14.1 Å². The fraction of sp³-hybridized carbons (Fsp3) is 0.364. The fourth-order valence-corrected chi connectivity index (χ4v) is 1.44. The summed E-state index contributed by atoms with van der Waals surface area (Å²) in [4.78, 5) is 30.0. The average molecular weight is 290 g/mol. The molecule has 7 heteroatoms. The molecule has 0 aliphatic carbocycles. The first-order chi connectivity index (χ1) is 8.32. The van der Waals surface area contributed by atoms with Crippen molar-refractivity contribution < 1.29 is 9.59 Å². The zero-order valence-corrected chi connectivity index (χ0v) is 11.8. The summed E-state index contributed by atoms with van der Waals surface area (Å²) in [6, 6.07) is 1.43. The molecule has 0 fully saturated rings. The van der Waals surface area contributed by atoms with Crippen LogP contribution >= 0.6 is 23.2 Å². The average Bonchev–Trinajstić information content (AvgIpc) is 2.31. The van der Waals surface area contributed by atoms with Gasteiger partial charge < -0.3 is 9.80 Å². The summed E-state index contributed by atoms with van der Waals surface area (Å²) in [7, 11) is 4.79. The van der Waals surface area contributed by atoms with Crippen LogP contribution in [0.3, 0.4) is 0 Å². The maximum atomic E-state index is 12.0. The van der Waals surface area contributed by atoms with E-state index in [2.05, 4.69) is 4.98 Å². The van der Waals surface area contributed by atoms with Crippen LogP contribution in [-0.4, -0.2) is 54.3 Å². The second kappa shape index (κ2) is 6.02. The van der Waals surface area contributed by atoms with Gasteiger partial charge in [-0.15, -0.1) is 0 Å². The summed E-state index contributed by atoms with van der Waals surface area (Å²) >= 11 is 11.4. The number of rotatable bonds is 3. The summed E-state index contributed by atoms with van der Waals surface area (Å²) in [5.74, 6) is -0.505. The van der Waals surface area contributed by atoms with E-state index in [4.69, 9.17) is 23.2 Å². The van der Waals surface area contributed by atoms with E-state index in [-0.39, 0.29) is 28.5 Å². The van der Waals surface area contributed by atoms with E-state index < -0.39 is 0 Å². The van der Waals surface area contributed by atoms with Gasteiger partial charge in [0.2, 0.25) is 5.91 Å². The molecule has 0 N–H and O–H groups in total. The molecule has 0 spiro atoms. The van der Waals surface area contributed by atoms with Crippen molar-refractivity contribution in [2.75, 3.05) is 27.7 Å². The predicted molar refractivity (Wildman–Crippen MR) is 69.9 cm³/mol. The van der Waals surface area contributed by atoms with Crippen LogP contribution < -0.4 is 0 Å². The number of halogens is 2. The lowest BCUT2D eigenvalue weighted by Gasteiger charge is -2.19. The van der Waals surface area contributed by atoms with E-state index >= 15 is 0 Å². The Morgan fingerprint density at radius 1 is 1.28 bits per heavy atom. The highest BCUT2D eigenvalue weighted by Crippen LogP contribution is 2.20. The smallest absolute Gasteiger partial charge is 0.255 e. The topological polar surface area (TPSA) is 53.5 Å². The number of carbonyl (C=O) groups is 2. The quantitative estimate of drug-likeness (QED) is 0.794. The zero-order valence-electron chi connectivity index (χ0n) is 10.3. The van der Waals surface area contributed by atoms with Gasteiger partial charge in [-0.3, -0.25) is 9.59 Å². The molecule has 18 heavy (non-hydrogen) atoms. The van der Waals surface area contributed by atoms with Crippen LogP contribution in [0.15, 0.2) is 12.3 Å².